The number of benzene rings is 1. The number of carbonyl (C=O) groups is 2. The normalized spacial score (nSPS) is 12.7. The molecule has 38 heavy (non-hydrogen) atoms. The van der Waals surface area contributed by atoms with Crippen LogP contribution in [0.25, 0.3) is 10.4 Å². The van der Waals surface area contributed by atoms with Gasteiger partial charge in [-0.15, -0.1) is 11.3 Å². The number of carbonyl (C=O) groups excluding carboxylic acids is 3. The van der Waals surface area contributed by atoms with E-state index in [9.17, 15) is 14.4 Å². The summed E-state index contributed by atoms with van der Waals surface area (Å²) in [4.78, 5) is 37.8. The van der Waals surface area contributed by atoms with Gasteiger partial charge in [-0.1, -0.05) is 56.1 Å². The number of aryl methyl sites for hydroxylation is 1. The quantitative estimate of drug-likeness (QED) is 0.202. The van der Waals surface area contributed by atoms with Crippen LogP contribution in [-0.2, 0) is 14.4 Å². The smallest absolute Gasteiger partial charge is 0.541 e. The Morgan fingerprint density at radius 2 is 2.00 bits per heavy atom. The summed E-state index contributed by atoms with van der Waals surface area (Å²) in [5, 5.41) is 15.5. The summed E-state index contributed by atoms with van der Waals surface area (Å²) in [5.74, 6) is 0.0388. The Hall–Kier alpha value is -2.90. The van der Waals surface area contributed by atoms with Crippen LogP contribution in [0.15, 0.2) is 40.4 Å². The standard InChI is InChI=1S/C17H20N2O2S.C10H12NO4.Li/c1-11(20)4-9-16(21)19-12(2)14-5-7-15(8-6-14)17-13(3)18-10-22-17;1-7(2)8(6-13)9-5-10(11-15-9)14-4-3-12;/h5-12,20H,1,4H2,2-3H3,(H,19,21);3,5,7-8H,4H2,1-2H3;/q-2;-1;+1/t11-,12-;8-;/m01./s1. The number of amides is 1. The largest absolute Gasteiger partial charge is 1.00 e. The number of hydrogen-bond donors (Lipinski definition) is 2. The third-order valence-electron chi connectivity index (χ3n) is 5.26. The maximum Gasteiger partial charge on any atom is 1.00 e. The summed E-state index contributed by atoms with van der Waals surface area (Å²) in [6, 6.07) is 9.51. The van der Waals surface area contributed by atoms with Crippen molar-refractivity contribution in [1.82, 2.24) is 15.5 Å². The molecule has 0 spiro atoms. The van der Waals surface area contributed by atoms with Crippen molar-refractivity contribution >= 4 is 29.8 Å². The van der Waals surface area contributed by atoms with E-state index in [1.807, 2.05) is 63.8 Å². The first-order chi connectivity index (χ1) is 17.7. The molecule has 9 nitrogen and oxygen atoms in total. The Bertz CT molecular complexity index is 1130. The Morgan fingerprint density at radius 3 is 2.53 bits per heavy atom. The molecule has 2 heterocycles. The number of nitrogens with zero attached hydrogens (tertiary/aromatic N) is 2. The number of rotatable bonds is 12. The zero-order valence-corrected chi connectivity index (χ0v) is 23.2. The summed E-state index contributed by atoms with van der Waals surface area (Å²) >= 11 is 1.62. The molecular formula is C27H32LiN3O6S-2. The second kappa shape index (κ2) is 16.8. The molecule has 2 aromatic heterocycles. The molecule has 3 aromatic rings. The number of thiazole rings is 1. The van der Waals surface area contributed by atoms with Crippen LogP contribution in [0, 0.1) is 26.2 Å². The molecule has 1 aromatic carbocycles. The molecule has 0 bridgehead atoms. The minimum atomic E-state index is -0.747. The van der Waals surface area contributed by atoms with Crippen LogP contribution < -0.4 is 28.9 Å². The average molecular weight is 534 g/mol. The molecule has 3 rings (SSSR count). The van der Waals surface area contributed by atoms with Crippen LogP contribution in [0.3, 0.4) is 0 Å². The van der Waals surface area contributed by atoms with Crippen molar-refractivity contribution in [3.8, 4) is 16.3 Å². The third kappa shape index (κ3) is 10.5. The summed E-state index contributed by atoms with van der Waals surface area (Å²) in [6.45, 7) is 11.0. The van der Waals surface area contributed by atoms with Gasteiger partial charge in [0.1, 0.15) is 12.4 Å². The van der Waals surface area contributed by atoms with Gasteiger partial charge < -0.3 is 42.6 Å². The number of hydrogen-bond acceptors (Lipinski definition) is 9. The first kappa shape index (κ1) is 33.1. The van der Waals surface area contributed by atoms with Crippen molar-refractivity contribution in [2.75, 3.05) is 6.61 Å². The Labute approximate surface area is 239 Å². The van der Waals surface area contributed by atoms with Gasteiger partial charge in [-0.2, -0.15) is 6.42 Å². The van der Waals surface area contributed by atoms with Gasteiger partial charge in [0.15, 0.2) is 6.29 Å². The number of aldehydes is 1. The van der Waals surface area contributed by atoms with Gasteiger partial charge in [-0.25, -0.2) is 4.98 Å². The molecule has 3 atom stereocenters. The van der Waals surface area contributed by atoms with Gasteiger partial charge in [-0.05, 0) is 30.1 Å². The number of aliphatic hydroxyl groups is 1. The molecule has 11 heteroatoms. The van der Waals surface area contributed by atoms with Crippen molar-refractivity contribution < 1.29 is 47.6 Å². The van der Waals surface area contributed by atoms with E-state index in [0.717, 1.165) is 16.8 Å². The first-order valence-corrected chi connectivity index (χ1v) is 12.6. The van der Waals surface area contributed by atoms with Gasteiger partial charge in [0.2, 0.25) is 0 Å². The van der Waals surface area contributed by atoms with E-state index in [1.165, 1.54) is 17.4 Å². The summed E-state index contributed by atoms with van der Waals surface area (Å²) in [5.41, 5.74) is 5.03. The fourth-order valence-corrected chi connectivity index (χ4v) is 4.04. The fourth-order valence-electron chi connectivity index (χ4n) is 3.23. The summed E-state index contributed by atoms with van der Waals surface area (Å²) in [6.07, 6.45) is 3.41. The molecule has 0 aliphatic rings. The van der Waals surface area contributed by atoms with Gasteiger partial charge in [-0.3, -0.25) is 11.1 Å². The van der Waals surface area contributed by atoms with Crippen molar-refractivity contribution in [2.45, 2.75) is 52.2 Å². The molecule has 0 unspecified atom stereocenters. The molecule has 0 fully saturated rings. The molecule has 0 aliphatic carbocycles. The zero-order chi connectivity index (χ0) is 27.4. The minimum Gasteiger partial charge on any atom is -0.541 e. The van der Waals surface area contributed by atoms with E-state index in [0.29, 0.717) is 12.0 Å². The minimum absolute atomic E-state index is 0. The second-order valence-electron chi connectivity index (χ2n) is 8.60. The molecule has 0 saturated carbocycles. The molecule has 1 amide bonds. The Kier molecular flexibility index (Phi) is 14.7. The van der Waals surface area contributed by atoms with Crippen molar-refractivity contribution in [3.05, 3.63) is 66.2 Å². The fraction of sp³-hybridized carbons (Fsp3) is 0.370. The number of ether oxygens (including phenoxy) is 1. The third-order valence-corrected chi connectivity index (χ3v) is 6.24. The Balaban J connectivity index is 0.000000397. The van der Waals surface area contributed by atoms with Crippen LogP contribution in [0.1, 0.15) is 56.2 Å². The molecular weight excluding hydrogens is 501 g/mol. The van der Waals surface area contributed by atoms with Crippen molar-refractivity contribution in [2.24, 2.45) is 5.92 Å². The molecule has 200 valence electrons. The van der Waals surface area contributed by atoms with E-state index in [1.54, 1.807) is 11.3 Å². The van der Waals surface area contributed by atoms with Crippen LogP contribution in [0.2, 0.25) is 0 Å². The van der Waals surface area contributed by atoms with E-state index in [-0.39, 0.29) is 55.6 Å². The maximum atomic E-state index is 11.7. The number of aliphatic hydroxyl groups excluding tert-OH is 1. The van der Waals surface area contributed by atoms with E-state index in [2.05, 4.69) is 22.4 Å². The zero-order valence-electron chi connectivity index (χ0n) is 22.3. The van der Waals surface area contributed by atoms with E-state index < -0.39 is 12.0 Å². The monoisotopic (exact) mass is 533 g/mol. The van der Waals surface area contributed by atoms with Crippen LogP contribution in [0.5, 0.6) is 5.88 Å². The molecule has 0 saturated heterocycles. The van der Waals surface area contributed by atoms with Gasteiger partial charge in [0, 0.05) is 12.1 Å². The Morgan fingerprint density at radius 1 is 1.32 bits per heavy atom. The van der Waals surface area contributed by atoms with Crippen LogP contribution in [-0.4, -0.2) is 46.4 Å². The molecule has 0 radical (unpaired) electrons. The average Bonchev–Trinajstić information content (AvgIpc) is 3.51. The number of aromatic nitrogens is 2. The van der Waals surface area contributed by atoms with Gasteiger partial charge in [0.25, 0.3) is 5.88 Å². The van der Waals surface area contributed by atoms with Gasteiger partial charge >= 0.3 is 18.9 Å². The molecule has 2 N–H and O–H groups in total. The summed E-state index contributed by atoms with van der Waals surface area (Å²) in [7, 11) is 0. The van der Waals surface area contributed by atoms with E-state index in [4.69, 9.17) is 14.4 Å². The predicted octanol–water partition coefficient (Wildman–Crippen LogP) is 1.19. The summed E-state index contributed by atoms with van der Waals surface area (Å²) < 4.78 is 9.83. The van der Waals surface area contributed by atoms with E-state index >= 15 is 0 Å². The topological polar surface area (TPSA) is 132 Å². The first-order valence-electron chi connectivity index (χ1n) is 11.7. The van der Waals surface area contributed by atoms with Gasteiger partial charge in [0.05, 0.1) is 22.0 Å². The predicted molar refractivity (Wildman–Crippen MR) is 140 cm³/mol. The van der Waals surface area contributed by atoms with Crippen molar-refractivity contribution in [3.63, 3.8) is 0 Å². The maximum absolute atomic E-state index is 11.7. The number of nitrogens with one attached hydrogen (secondary N) is 1. The van der Waals surface area contributed by atoms with Crippen LogP contribution >= 0.6 is 11.3 Å². The van der Waals surface area contributed by atoms with Crippen molar-refractivity contribution in [1.29, 1.82) is 0 Å². The van der Waals surface area contributed by atoms with Crippen LogP contribution in [0.4, 0.5) is 0 Å². The second-order valence-corrected chi connectivity index (χ2v) is 9.45. The SMILES string of the molecule is CC(C)[C@@H]([C-]=O)c1cc(OCC=O)no1.[CH2-][C@H](O)C[CH-]C(=O)N[C@@H](C)c1ccc(-c2scnc2C)cc1.[Li+]. The molecule has 0 aliphatic heterocycles.